The fraction of sp³-hybridized carbons (Fsp3) is 0.0833. The van der Waals surface area contributed by atoms with Crippen molar-refractivity contribution in [1.29, 1.82) is 5.26 Å². The molecule has 1 aromatic carbocycles. The molecule has 0 aliphatic carbocycles. The van der Waals surface area contributed by atoms with Crippen LogP contribution in [0.15, 0.2) is 34.2 Å². The summed E-state index contributed by atoms with van der Waals surface area (Å²) >= 11 is 4.94. The zero-order chi connectivity index (χ0) is 13.8. The molecule has 1 heterocycles. The smallest absolute Gasteiger partial charge is 0.265 e. The van der Waals surface area contributed by atoms with Crippen LogP contribution in [0.5, 0.6) is 0 Å². The third-order valence-corrected chi connectivity index (χ3v) is 2.64. The lowest BCUT2D eigenvalue weighted by molar-refractivity contribution is 0.720. The number of nitrogens with zero attached hydrogens (tertiary/aromatic N) is 4. The molecular weight excluding hydrogens is 262 g/mol. The minimum atomic E-state index is -0.367. The Bertz CT molecular complexity index is 779. The number of aromatic nitrogens is 3. The standard InChI is InChI=1S/C12H9N5OS/c1-8-11(18)17(12(19)16-15-8)14-7-10-4-2-9(6-13)3-5-10/h2-5,7H,1H3,(H,16,19)/b14-7-. The second kappa shape index (κ2) is 5.37. The van der Waals surface area contributed by atoms with E-state index in [4.69, 9.17) is 17.5 Å². The van der Waals surface area contributed by atoms with Gasteiger partial charge in [-0.1, -0.05) is 12.1 Å². The number of aryl methyl sites for hydroxylation is 1. The Labute approximate surface area is 113 Å². The number of nitrogens with one attached hydrogen (secondary N) is 1. The highest BCUT2D eigenvalue weighted by molar-refractivity contribution is 7.71. The first kappa shape index (κ1) is 12.9. The summed E-state index contributed by atoms with van der Waals surface area (Å²) in [4.78, 5) is 11.8. The molecule has 0 spiro atoms. The van der Waals surface area contributed by atoms with Crippen molar-refractivity contribution in [3.63, 3.8) is 0 Å². The molecule has 94 valence electrons. The Kier molecular flexibility index (Phi) is 3.63. The van der Waals surface area contributed by atoms with Gasteiger partial charge in [0.15, 0.2) is 0 Å². The molecule has 0 unspecified atom stereocenters. The van der Waals surface area contributed by atoms with E-state index in [1.54, 1.807) is 31.2 Å². The number of H-pyrrole nitrogens is 1. The maximum Gasteiger partial charge on any atom is 0.296 e. The summed E-state index contributed by atoms with van der Waals surface area (Å²) in [6, 6.07) is 8.82. The van der Waals surface area contributed by atoms with E-state index >= 15 is 0 Å². The number of aromatic amines is 1. The van der Waals surface area contributed by atoms with E-state index in [0.717, 1.165) is 10.2 Å². The van der Waals surface area contributed by atoms with Crippen LogP contribution < -0.4 is 5.56 Å². The number of hydrogen-bond acceptors (Lipinski definition) is 5. The molecule has 0 saturated carbocycles. The maximum absolute atomic E-state index is 11.8. The van der Waals surface area contributed by atoms with Crippen LogP contribution in [0.1, 0.15) is 16.8 Å². The van der Waals surface area contributed by atoms with Gasteiger partial charge < -0.3 is 0 Å². The van der Waals surface area contributed by atoms with Gasteiger partial charge in [0.1, 0.15) is 5.69 Å². The Morgan fingerprint density at radius 3 is 2.79 bits per heavy atom. The molecule has 2 aromatic rings. The van der Waals surface area contributed by atoms with Crippen molar-refractivity contribution in [2.24, 2.45) is 5.10 Å². The third-order valence-electron chi connectivity index (χ3n) is 2.38. The first-order valence-corrected chi connectivity index (χ1v) is 5.75. The van der Waals surface area contributed by atoms with Crippen LogP contribution in [0.3, 0.4) is 0 Å². The monoisotopic (exact) mass is 271 g/mol. The molecule has 19 heavy (non-hydrogen) atoms. The zero-order valence-electron chi connectivity index (χ0n) is 9.99. The summed E-state index contributed by atoms with van der Waals surface area (Å²) in [7, 11) is 0. The number of benzene rings is 1. The van der Waals surface area contributed by atoms with Gasteiger partial charge in [-0.15, -0.1) is 0 Å². The van der Waals surface area contributed by atoms with Gasteiger partial charge in [0.25, 0.3) is 5.56 Å². The number of hydrogen-bond donors (Lipinski definition) is 1. The second-order valence-electron chi connectivity index (χ2n) is 3.71. The number of rotatable bonds is 2. The number of nitriles is 1. The van der Waals surface area contributed by atoms with Gasteiger partial charge in [-0.2, -0.15) is 20.1 Å². The minimum Gasteiger partial charge on any atom is -0.265 e. The van der Waals surface area contributed by atoms with Crippen LogP contribution in [0.25, 0.3) is 0 Å². The van der Waals surface area contributed by atoms with Crippen LogP contribution in [0, 0.1) is 23.0 Å². The highest BCUT2D eigenvalue weighted by Crippen LogP contribution is 2.00. The zero-order valence-corrected chi connectivity index (χ0v) is 10.8. The molecule has 0 fully saturated rings. The normalized spacial score (nSPS) is 10.5. The van der Waals surface area contributed by atoms with Crippen molar-refractivity contribution < 1.29 is 0 Å². The van der Waals surface area contributed by atoms with E-state index < -0.39 is 0 Å². The summed E-state index contributed by atoms with van der Waals surface area (Å²) in [5, 5.41) is 19.0. The fourth-order valence-electron chi connectivity index (χ4n) is 1.35. The van der Waals surface area contributed by atoms with E-state index in [0.29, 0.717) is 5.56 Å². The third kappa shape index (κ3) is 2.81. The van der Waals surface area contributed by atoms with Crippen LogP contribution in [-0.4, -0.2) is 21.1 Å². The van der Waals surface area contributed by atoms with Crippen molar-refractivity contribution in [3.8, 4) is 6.07 Å². The Morgan fingerprint density at radius 1 is 1.47 bits per heavy atom. The van der Waals surface area contributed by atoms with E-state index in [9.17, 15) is 4.79 Å². The molecular formula is C12H9N5OS. The molecule has 1 aromatic heterocycles. The minimum absolute atomic E-state index is 0.125. The molecule has 0 aliphatic rings. The van der Waals surface area contributed by atoms with Crippen LogP contribution >= 0.6 is 12.2 Å². The van der Waals surface area contributed by atoms with Gasteiger partial charge in [0, 0.05) is 0 Å². The fourth-order valence-corrected chi connectivity index (χ4v) is 1.52. The predicted octanol–water partition coefficient (Wildman–Crippen LogP) is 1.36. The van der Waals surface area contributed by atoms with Crippen molar-refractivity contribution in [3.05, 3.63) is 56.2 Å². The summed E-state index contributed by atoms with van der Waals surface area (Å²) < 4.78 is 1.19. The van der Waals surface area contributed by atoms with Crippen LogP contribution in [0.4, 0.5) is 0 Å². The quantitative estimate of drug-likeness (QED) is 0.660. The van der Waals surface area contributed by atoms with Gasteiger partial charge in [0.2, 0.25) is 4.77 Å². The lowest BCUT2D eigenvalue weighted by atomic mass is 10.2. The summed E-state index contributed by atoms with van der Waals surface area (Å²) in [5.74, 6) is 0. The molecule has 0 bridgehead atoms. The van der Waals surface area contributed by atoms with Crippen molar-refractivity contribution in [2.75, 3.05) is 0 Å². The second-order valence-corrected chi connectivity index (χ2v) is 4.10. The molecule has 0 aliphatic heterocycles. The molecule has 2 rings (SSSR count). The molecule has 1 N–H and O–H groups in total. The van der Waals surface area contributed by atoms with Gasteiger partial charge in [-0.3, -0.25) is 9.89 Å². The molecule has 7 heteroatoms. The molecule has 0 radical (unpaired) electrons. The van der Waals surface area contributed by atoms with Crippen molar-refractivity contribution in [2.45, 2.75) is 6.92 Å². The largest absolute Gasteiger partial charge is 0.296 e. The van der Waals surface area contributed by atoms with Gasteiger partial charge >= 0.3 is 0 Å². The molecule has 0 amide bonds. The highest BCUT2D eigenvalue weighted by Gasteiger charge is 2.00. The van der Waals surface area contributed by atoms with Crippen LogP contribution in [0.2, 0.25) is 0 Å². The van der Waals surface area contributed by atoms with E-state index in [1.165, 1.54) is 6.21 Å². The van der Waals surface area contributed by atoms with E-state index in [2.05, 4.69) is 15.3 Å². The highest BCUT2D eigenvalue weighted by atomic mass is 32.1. The molecule has 0 atom stereocenters. The Balaban J connectivity index is 2.38. The van der Waals surface area contributed by atoms with Crippen LogP contribution in [-0.2, 0) is 0 Å². The lowest BCUT2D eigenvalue weighted by Gasteiger charge is -1.99. The first-order chi connectivity index (χ1) is 9.11. The van der Waals surface area contributed by atoms with Gasteiger partial charge in [-0.05, 0) is 36.8 Å². The molecule has 6 nitrogen and oxygen atoms in total. The molecule has 0 saturated heterocycles. The summed E-state index contributed by atoms with van der Waals surface area (Å²) in [5.41, 5.74) is 1.24. The predicted molar refractivity (Wildman–Crippen MR) is 72.6 cm³/mol. The lowest BCUT2D eigenvalue weighted by Crippen LogP contribution is -2.22. The van der Waals surface area contributed by atoms with Crippen molar-refractivity contribution in [1.82, 2.24) is 14.9 Å². The maximum atomic E-state index is 11.8. The Hall–Kier alpha value is -2.59. The van der Waals surface area contributed by atoms with E-state index in [-0.39, 0.29) is 16.0 Å². The van der Waals surface area contributed by atoms with E-state index in [1.807, 2.05) is 6.07 Å². The Morgan fingerprint density at radius 2 is 2.16 bits per heavy atom. The van der Waals surface area contributed by atoms with Gasteiger partial charge in [0.05, 0.1) is 17.8 Å². The topological polar surface area (TPSA) is 86.8 Å². The SMILES string of the molecule is Cc1n[nH]c(=S)n(/N=C\c2ccc(C#N)cc2)c1=O. The average molecular weight is 271 g/mol. The van der Waals surface area contributed by atoms with Crippen molar-refractivity contribution >= 4 is 18.4 Å². The summed E-state index contributed by atoms with van der Waals surface area (Å²) in [6.45, 7) is 1.57. The first-order valence-electron chi connectivity index (χ1n) is 5.34. The van der Waals surface area contributed by atoms with Gasteiger partial charge in [-0.25, -0.2) is 0 Å². The average Bonchev–Trinajstić information content (AvgIpc) is 2.44. The summed E-state index contributed by atoms with van der Waals surface area (Å²) in [6.07, 6.45) is 1.49.